The van der Waals surface area contributed by atoms with Crippen LogP contribution in [-0.2, 0) is 24.2 Å². The van der Waals surface area contributed by atoms with Crippen molar-refractivity contribution in [3.8, 4) is 11.4 Å². The van der Waals surface area contributed by atoms with Crippen molar-refractivity contribution in [2.24, 2.45) is 0 Å². The highest BCUT2D eigenvalue weighted by atomic mass is 16.5. The van der Waals surface area contributed by atoms with Gasteiger partial charge in [0, 0.05) is 13.0 Å². The summed E-state index contributed by atoms with van der Waals surface area (Å²) in [7, 11) is 0. The molecule has 1 aliphatic carbocycles. The van der Waals surface area contributed by atoms with Gasteiger partial charge in [-0.2, -0.15) is 0 Å². The van der Waals surface area contributed by atoms with E-state index in [0.29, 0.717) is 5.75 Å². The molecule has 0 amide bonds. The summed E-state index contributed by atoms with van der Waals surface area (Å²) in [6.07, 6.45) is 3.28. The number of nitrogens with zero attached hydrogens (tertiary/aromatic N) is 2. The predicted molar refractivity (Wildman–Crippen MR) is 127 cm³/mol. The molecular weight excluding hydrogens is 416 g/mol. The molecule has 1 unspecified atom stereocenters. The first-order chi connectivity index (χ1) is 16.1. The minimum absolute atomic E-state index is 0.182. The number of carboxylic acids is 1. The Hall–Kier alpha value is -3.80. The fraction of sp³-hybridized carbons (Fsp3) is 0.259. The van der Waals surface area contributed by atoms with E-state index in [1.54, 1.807) is 9.13 Å². The van der Waals surface area contributed by atoms with E-state index in [2.05, 4.69) is 6.07 Å². The lowest BCUT2D eigenvalue weighted by Crippen LogP contribution is -2.31. The Labute approximate surface area is 191 Å². The number of imidazole rings is 1. The van der Waals surface area contributed by atoms with Gasteiger partial charge in [-0.1, -0.05) is 42.5 Å². The maximum atomic E-state index is 13.4. The van der Waals surface area contributed by atoms with Crippen LogP contribution < -0.4 is 10.4 Å². The number of carbonyl (C=O) groups is 1. The lowest BCUT2D eigenvalue weighted by atomic mass is 9.91. The molecule has 0 bridgehead atoms. The Morgan fingerprint density at radius 3 is 2.42 bits per heavy atom. The van der Waals surface area contributed by atoms with Crippen LogP contribution >= 0.6 is 0 Å². The highest BCUT2D eigenvalue weighted by Gasteiger charge is 2.24. The van der Waals surface area contributed by atoms with E-state index < -0.39 is 12.1 Å². The molecule has 0 saturated heterocycles. The molecule has 168 valence electrons. The van der Waals surface area contributed by atoms with E-state index in [-0.39, 0.29) is 18.7 Å². The predicted octanol–water partition coefficient (Wildman–Crippen LogP) is 4.59. The van der Waals surface area contributed by atoms with Crippen molar-refractivity contribution in [2.45, 2.75) is 44.8 Å². The molecule has 3 aromatic carbocycles. The molecule has 1 heterocycles. The molecule has 1 aromatic heterocycles. The first-order valence-corrected chi connectivity index (χ1v) is 11.4. The van der Waals surface area contributed by atoms with Crippen LogP contribution in [0.5, 0.6) is 5.75 Å². The highest BCUT2D eigenvalue weighted by molar-refractivity contribution is 5.78. The summed E-state index contributed by atoms with van der Waals surface area (Å²) in [4.78, 5) is 25.4. The number of aryl methyl sites for hydroxylation is 2. The van der Waals surface area contributed by atoms with E-state index >= 15 is 0 Å². The number of para-hydroxylation sites is 3. The van der Waals surface area contributed by atoms with Gasteiger partial charge in [-0.25, -0.2) is 9.59 Å². The van der Waals surface area contributed by atoms with Crippen LogP contribution in [0, 0.1) is 0 Å². The van der Waals surface area contributed by atoms with Crippen molar-refractivity contribution < 1.29 is 14.6 Å². The number of aliphatic carboxylic acids is 1. The van der Waals surface area contributed by atoms with Gasteiger partial charge < -0.3 is 9.84 Å². The van der Waals surface area contributed by atoms with Gasteiger partial charge in [0.2, 0.25) is 0 Å². The molecule has 1 N–H and O–H groups in total. The minimum Gasteiger partial charge on any atom is -0.479 e. The average Bonchev–Trinajstić information content (AvgIpc) is 3.13. The van der Waals surface area contributed by atoms with Gasteiger partial charge in [-0.05, 0) is 67.1 Å². The monoisotopic (exact) mass is 442 g/mol. The first kappa shape index (κ1) is 21.1. The van der Waals surface area contributed by atoms with Gasteiger partial charge in [0.25, 0.3) is 0 Å². The van der Waals surface area contributed by atoms with Gasteiger partial charge in [0.1, 0.15) is 5.75 Å². The zero-order chi connectivity index (χ0) is 22.8. The number of rotatable bonds is 7. The molecule has 5 rings (SSSR count). The number of ether oxygens (including phenoxy) is 1. The number of hydrogen-bond acceptors (Lipinski definition) is 3. The van der Waals surface area contributed by atoms with Crippen LogP contribution in [0.4, 0.5) is 0 Å². The average molecular weight is 443 g/mol. The smallest absolute Gasteiger partial charge is 0.344 e. The molecule has 6 heteroatoms. The Morgan fingerprint density at radius 2 is 1.64 bits per heavy atom. The van der Waals surface area contributed by atoms with Crippen molar-refractivity contribution in [3.63, 3.8) is 0 Å². The van der Waals surface area contributed by atoms with E-state index in [1.165, 1.54) is 5.56 Å². The summed E-state index contributed by atoms with van der Waals surface area (Å²) in [6, 6.07) is 22.9. The molecular formula is C27H26N2O4. The summed E-state index contributed by atoms with van der Waals surface area (Å²) >= 11 is 0. The lowest BCUT2D eigenvalue weighted by Gasteiger charge is -2.22. The topological polar surface area (TPSA) is 73.5 Å². The third-order valence-corrected chi connectivity index (χ3v) is 6.36. The van der Waals surface area contributed by atoms with Gasteiger partial charge in [-0.15, -0.1) is 0 Å². The lowest BCUT2D eigenvalue weighted by molar-refractivity contribution is -0.145. The van der Waals surface area contributed by atoms with Crippen LogP contribution in [-0.4, -0.2) is 26.3 Å². The van der Waals surface area contributed by atoms with Crippen molar-refractivity contribution in [1.29, 1.82) is 0 Å². The number of carboxylic acid groups (broad SMARTS) is 1. The van der Waals surface area contributed by atoms with Gasteiger partial charge >= 0.3 is 11.7 Å². The van der Waals surface area contributed by atoms with E-state index in [1.807, 2.05) is 66.7 Å². The highest BCUT2D eigenvalue weighted by Crippen LogP contribution is 2.30. The largest absolute Gasteiger partial charge is 0.479 e. The zero-order valence-electron chi connectivity index (χ0n) is 18.3. The molecule has 6 nitrogen and oxygen atoms in total. The number of benzene rings is 3. The third kappa shape index (κ3) is 4.04. The van der Waals surface area contributed by atoms with Crippen molar-refractivity contribution in [3.05, 3.63) is 94.4 Å². The quantitative estimate of drug-likeness (QED) is 0.454. The Bertz CT molecular complexity index is 1350. The first-order valence-electron chi connectivity index (χ1n) is 11.4. The number of aromatic nitrogens is 2. The molecule has 1 atom stereocenters. The van der Waals surface area contributed by atoms with Crippen LogP contribution in [0.1, 0.15) is 30.4 Å². The molecule has 0 saturated carbocycles. The summed E-state index contributed by atoms with van der Waals surface area (Å²) < 4.78 is 9.32. The SMILES string of the molecule is O=C(O)C(CCn1c(=O)n(-c2ccccc2)c2ccccc21)Oc1cccc2c1CCCC2. The molecule has 0 radical (unpaired) electrons. The fourth-order valence-electron chi connectivity index (χ4n) is 4.74. The Balaban J connectivity index is 1.45. The van der Waals surface area contributed by atoms with E-state index in [9.17, 15) is 14.7 Å². The summed E-state index contributed by atoms with van der Waals surface area (Å²) in [5.41, 5.74) is 4.51. The number of fused-ring (bicyclic) bond motifs is 2. The molecule has 1 aliphatic rings. The maximum Gasteiger partial charge on any atom is 0.344 e. The fourth-order valence-corrected chi connectivity index (χ4v) is 4.74. The van der Waals surface area contributed by atoms with Gasteiger partial charge in [-0.3, -0.25) is 9.13 Å². The van der Waals surface area contributed by atoms with Crippen molar-refractivity contribution in [1.82, 2.24) is 9.13 Å². The molecule has 0 aliphatic heterocycles. The van der Waals surface area contributed by atoms with Gasteiger partial charge in [0.05, 0.1) is 16.7 Å². The summed E-state index contributed by atoms with van der Waals surface area (Å²) in [5.74, 6) is -0.373. The van der Waals surface area contributed by atoms with E-state index in [0.717, 1.165) is 48.0 Å². The Kier molecular flexibility index (Phi) is 5.73. The van der Waals surface area contributed by atoms with Crippen LogP contribution in [0.2, 0.25) is 0 Å². The zero-order valence-corrected chi connectivity index (χ0v) is 18.3. The molecule has 33 heavy (non-hydrogen) atoms. The minimum atomic E-state index is -1.04. The summed E-state index contributed by atoms with van der Waals surface area (Å²) in [6.45, 7) is 0.241. The van der Waals surface area contributed by atoms with E-state index in [4.69, 9.17) is 4.74 Å². The normalized spacial score (nSPS) is 14.1. The molecule has 0 fully saturated rings. The summed E-state index contributed by atoms with van der Waals surface area (Å²) in [5, 5.41) is 9.86. The second-order valence-corrected chi connectivity index (χ2v) is 8.43. The second-order valence-electron chi connectivity index (χ2n) is 8.43. The van der Waals surface area contributed by atoms with Gasteiger partial charge in [0.15, 0.2) is 6.10 Å². The van der Waals surface area contributed by atoms with Crippen molar-refractivity contribution in [2.75, 3.05) is 0 Å². The van der Waals surface area contributed by atoms with Crippen LogP contribution in [0.25, 0.3) is 16.7 Å². The maximum absolute atomic E-state index is 13.4. The Morgan fingerprint density at radius 1 is 0.909 bits per heavy atom. The molecule has 4 aromatic rings. The van der Waals surface area contributed by atoms with Crippen LogP contribution in [0.15, 0.2) is 77.6 Å². The number of hydrogen-bond donors (Lipinski definition) is 1. The third-order valence-electron chi connectivity index (χ3n) is 6.36. The van der Waals surface area contributed by atoms with Crippen molar-refractivity contribution >= 4 is 17.0 Å². The van der Waals surface area contributed by atoms with Crippen LogP contribution in [0.3, 0.4) is 0 Å². The standard InChI is InChI=1S/C27H26N2O4/c30-26(31)25(33-24-16-8-10-19-9-4-5-13-21(19)24)17-18-28-22-14-6-7-15-23(22)29(27(28)32)20-11-2-1-3-12-20/h1-3,6-8,10-12,14-16,25H,4-5,9,13,17-18H2,(H,30,31). The second kappa shape index (κ2) is 8.98. The molecule has 0 spiro atoms.